The Morgan fingerprint density at radius 2 is 1.88 bits per heavy atom. The van der Waals surface area contributed by atoms with E-state index in [1.165, 1.54) is 0 Å². The molecule has 17 heavy (non-hydrogen) atoms. The predicted molar refractivity (Wildman–Crippen MR) is 66.3 cm³/mol. The predicted octanol–water partition coefficient (Wildman–Crippen LogP) is 0.248. The summed E-state index contributed by atoms with van der Waals surface area (Å²) >= 11 is 0. The molecule has 0 bridgehead atoms. The van der Waals surface area contributed by atoms with Gasteiger partial charge in [0.25, 0.3) is 0 Å². The molecule has 0 saturated carbocycles. The van der Waals surface area contributed by atoms with Gasteiger partial charge in [0, 0.05) is 0 Å². The van der Waals surface area contributed by atoms with Crippen LogP contribution in [0.3, 0.4) is 0 Å². The van der Waals surface area contributed by atoms with Crippen LogP contribution in [0.2, 0.25) is 13.1 Å². The minimum Gasteiger partial charge on any atom is -0.410 e. The number of hydrogen-bond acceptors (Lipinski definition) is 5. The Morgan fingerprint density at radius 3 is 2.29 bits per heavy atom. The van der Waals surface area contributed by atoms with Crippen molar-refractivity contribution in [1.29, 1.82) is 0 Å². The molecule has 1 saturated heterocycles. The zero-order valence-corrected chi connectivity index (χ0v) is 12.4. The maximum atomic E-state index is 10.00. The normalized spacial score (nSPS) is 34.6. The summed E-state index contributed by atoms with van der Waals surface area (Å²) in [4.78, 5) is 0. The Hall–Kier alpha value is 0.0169. The van der Waals surface area contributed by atoms with Crippen molar-refractivity contribution in [2.45, 2.75) is 64.1 Å². The minimum absolute atomic E-state index is 0.231. The lowest BCUT2D eigenvalue weighted by molar-refractivity contribution is -0.211. The van der Waals surface area contributed by atoms with Crippen molar-refractivity contribution in [2.24, 2.45) is 0 Å². The van der Waals surface area contributed by atoms with E-state index in [1.807, 2.05) is 33.9 Å². The monoisotopic (exact) mass is 264 g/mol. The van der Waals surface area contributed by atoms with Crippen LogP contribution in [-0.4, -0.2) is 56.1 Å². The van der Waals surface area contributed by atoms with Gasteiger partial charge < -0.3 is 24.1 Å². The van der Waals surface area contributed by atoms with Crippen molar-refractivity contribution < 1.29 is 24.1 Å². The third kappa shape index (κ3) is 4.31. The largest absolute Gasteiger partial charge is 0.410 e. The van der Waals surface area contributed by atoms with Gasteiger partial charge in [0.05, 0.1) is 12.2 Å². The van der Waals surface area contributed by atoms with Crippen LogP contribution in [0.4, 0.5) is 0 Å². The lowest BCUT2D eigenvalue weighted by Gasteiger charge is -2.29. The van der Waals surface area contributed by atoms with Gasteiger partial charge in [-0.1, -0.05) is 0 Å². The lowest BCUT2D eigenvalue weighted by atomic mass is 10.1. The van der Waals surface area contributed by atoms with E-state index < -0.39 is 33.6 Å². The molecule has 2 N–H and O–H groups in total. The van der Waals surface area contributed by atoms with Gasteiger partial charge in [0.15, 0.2) is 15.3 Å². The number of ether oxygens (including phenoxy) is 2. The number of aliphatic hydroxyl groups is 2. The molecule has 1 aliphatic rings. The Kier molecular flexibility index (Phi) is 5.12. The summed E-state index contributed by atoms with van der Waals surface area (Å²) in [5.74, 6) is 0. The first-order valence-corrected chi connectivity index (χ1v) is 8.80. The molecule has 0 aromatic rings. The highest BCUT2D eigenvalue weighted by Crippen LogP contribution is 2.28. The van der Waals surface area contributed by atoms with Gasteiger partial charge in [0.1, 0.15) is 18.3 Å². The maximum absolute atomic E-state index is 10.00. The molecule has 4 atom stereocenters. The van der Waals surface area contributed by atoms with E-state index in [2.05, 4.69) is 0 Å². The van der Waals surface area contributed by atoms with E-state index in [1.54, 1.807) is 0 Å². The summed E-state index contributed by atoms with van der Waals surface area (Å²) in [5.41, 5.74) is -0.380. The first-order chi connectivity index (χ1) is 7.74. The average Bonchev–Trinajstić information content (AvgIpc) is 2.42. The van der Waals surface area contributed by atoms with E-state index in [0.29, 0.717) is 0 Å². The molecule has 5 nitrogen and oxygen atoms in total. The zero-order valence-electron chi connectivity index (χ0n) is 11.2. The number of rotatable bonds is 4. The van der Waals surface area contributed by atoms with Crippen molar-refractivity contribution in [2.75, 3.05) is 6.61 Å². The van der Waals surface area contributed by atoms with Gasteiger partial charge in [-0.25, -0.2) is 0 Å². The van der Waals surface area contributed by atoms with E-state index in [4.69, 9.17) is 19.0 Å². The molecular weight excluding hydrogens is 240 g/mol. The molecule has 0 amide bonds. The molecule has 0 aliphatic carbocycles. The fourth-order valence-electron chi connectivity index (χ4n) is 1.76. The summed E-state index contributed by atoms with van der Waals surface area (Å²) < 4.78 is 16.9. The zero-order chi connectivity index (χ0) is 13.2. The Balaban J connectivity index is 2.72. The molecule has 0 radical (unpaired) electrons. The second-order valence-corrected chi connectivity index (χ2v) is 7.97. The topological polar surface area (TPSA) is 68.2 Å². The lowest BCUT2D eigenvalue weighted by Crippen LogP contribution is -2.42. The molecule has 0 aromatic heterocycles. The molecule has 102 valence electrons. The van der Waals surface area contributed by atoms with E-state index >= 15 is 0 Å². The molecule has 1 fully saturated rings. The maximum Gasteiger partial charge on any atom is 0.186 e. The first kappa shape index (κ1) is 15.1. The van der Waals surface area contributed by atoms with Crippen molar-refractivity contribution in [3.05, 3.63) is 0 Å². The van der Waals surface area contributed by atoms with E-state index in [9.17, 15) is 5.11 Å². The van der Waals surface area contributed by atoms with E-state index in [0.717, 1.165) is 0 Å². The Morgan fingerprint density at radius 1 is 1.29 bits per heavy atom. The quantitative estimate of drug-likeness (QED) is 0.712. The third-order valence-electron chi connectivity index (χ3n) is 2.37. The van der Waals surface area contributed by atoms with Crippen LogP contribution >= 0.6 is 0 Å². The van der Waals surface area contributed by atoms with Gasteiger partial charge in [-0.3, -0.25) is 0 Å². The molecular formula is C11H24O5Si. The van der Waals surface area contributed by atoms with E-state index in [-0.39, 0.29) is 12.2 Å². The molecule has 0 spiro atoms. The van der Waals surface area contributed by atoms with Crippen LogP contribution in [0.25, 0.3) is 0 Å². The van der Waals surface area contributed by atoms with Crippen LogP contribution in [0.1, 0.15) is 20.8 Å². The summed E-state index contributed by atoms with van der Waals surface area (Å²) in [5, 5.41) is 19.1. The molecule has 1 heterocycles. The average molecular weight is 264 g/mol. The molecule has 0 unspecified atom stereocenters. The van der Waals surface area contributed by atoms with Gasteiger partial charge >= 0.3 is 0 Å². The highest BCUT2D eigenvalue weighted by molar-refractivity contribution is 6.48. The second-order valence-electron chi connectivity index (χ2n) is 5.60. The first-order valence-electron chi connectivity index (χ1n) is 6.02. The standard InChI is InChI=1S/C11H24O5Si/c1-11(2,3)15-10-9(16-17(4)5)8(13)7(6-12)14-10/h7-10,12-13,17H,6H2,1-5H3/t7-,8-,9-,10+/m0/s1. The van der Waals surface area contributed by atoms with Crippen molar-refractivity contribution in [3.63, 3.8) is 0 Å². The smallest absolute Gasteiger partial charge is 0.186 e. The van der Waals surface area contributed by atoms with Gasteiger partial charge in [0.2, 0.25) is 0 Å². The van der Waals surface area contributed by atoms with Crippen LogP contribution in [0.15, 0.2) is 0 Å². The SMILES string of the molecule is C[SiH](C)O[C@@H]1[C@@H](OC(C)(C)C)O[C@@H](CO)[C@@H]1O. The summed E-state index contributed by atoms with van der Waals surface area (Å²) in [7, 11) is -1.31. The molecule has 6 heteroatoms. The van der Waals surface area contributed by atoms with Gasteiger partial charge in [-0.05, 0) is 33.9 Å². The van der Waals surface area contributed by atoms with Crippen LogP contribution < -0.4 is 0 Å². The van der Waals surface area contributed by atoms with Gasteiger partial charge in [-0.15, -0.1) is 0 Å². The Labute approximate surface area is 104 Å². The fraction of sp³-hybridized carbons (Fsp3) is 1.00. The second kappa shape index (κ2) is 5.77. The van der Waals surface area contributed by atoms with Crippen molar-refractivity contribution in [1.82, 2.24) is 0 Å². The molecule has 1 aliphatic heterocycles. The molecule has 1 rings (SSSR count). The third-order valence-corrected chi connectivity index (χ3v) is 3.23. The minimum atomic E-state index is -1.31. The van der Waals surface area contributed by atoms with Crippen LogP contribution in [0.5, 0.6) is 0 Å². The van der Waals surface area contributed by atoms with Crippen molar-refractivity contribution in [3.8, 4) is 0 Å². The highest BCUT2D eigenvalue weighted by Gasteiger charge is 2.46. The van der Waals surface area contributed by atoms with Crippen LogP contribution in [-0.2, 0) is 13.9 Å². The Bertz CT molecular complexity index is 241. The summed E-state index contributed by atoms with van der Waals surface area (Å²) in [6.45, 7) is 9.56. The number of hydrogen-bond donors (Lipinski definition) is 2. The highest BCUT2D eigenvalue weighted by atomic mass is 28.3. The van der Waals surface area contributed by atoms with Gasteiger partial charge in [-0.2, -0.15) is 0 Å². The van der Waals surface area contributed by atoms with Crippen LogP contribution in [0, 0.1) is 0 Å². The van der Waals surface area contributed by atoms with Crippen molar-refractivity contribution >= 4 is 9.04 Å². The summed E-state index contributed by atoms with van der Waals surface area (Å²) in [6, 6.07) is 0. The summed E-state index contributed by atoms with van der Waals surface area (Å²) in [6.07, 6.45) is -2.57. The number of aliphatic hydroxyl groups excluding tert-OH is 2. The fourth-order valence-corrected chi connectivity index (χ4v) is 2.67. The molecule has 0 aromatic carbocycles.